The Morgan fingerprint density at radius 1 is 0.373 bits per heavy atom. The Bertz CT molecular complexity index is 3660. The van der Waals surface area contributed by atoms with Crippen LogP contribution in [0.15, 0.2) is 194 Å². The van der Waals surface area contributed by atoms with Crippen molar-refractivity contribution in [3.05, 3.63) is 200 Å². The van der Waals surface area contributed by atoms with Crippen LogP contribution in [0.25, 0.3) is 105 Å². The third-order valence-electron chi connectivity index (χ3n) is 16.2. The molecule has 0 spiro atoms. The molecule has 4 fully saturated rings. The fourth-order valence-electron chi connectivity index (χ4n) is 14.0. The zero-order valence-corrected chi connectivity index (χ0v) is 37.2. The zero-order valence-electron chi connectivity index (χ0n) is 37.2. The first-order valence-corrected chi connectivity index (χ1v) is 24.2. The highest BCUT2D eigenvalue weighted by molar-refractivity contribution is 6.11. The lowest BCUT2D eigenvalue weighted by Crippen LogP contribution is -2.48. The van der Waals surface area contributed by atoms with Gasteiger partial charge < -0.3 is 4.57 Å². The lowest BCUT2D eigenvalue weighted by atomic mass is 9.47. The van der Waals surface area contributed by atoms with Gasteiger partial charge in [-0.3, -0.25) is 9.13 Å². The molecular formula is C62H47N5. The van der Waals surface area contributed by atoms with E-state index in [2.05, 4.69) is 208 Å². The Labute approximate surface area is 388 Å². The van der Waals surface area contributed by atoms with Crippen LogP contribution in [0.2, 0.25) is 0 Å². The third-order valence-corrected chi connectivity index (χ3v) is 16.2. The predicted octanol–water partition coefficient (Wildman–Crippen LogP) is 15.6. The molecule has 4 heterocycles. The molecule has 4 aliphatic rings. The molecule has 320 valence electrons. The van der Waals surface area contributed by atoms with Crippen LogP contribution in [0.5, 0.6) is 0 Å². The highest BCUT2D eigenvalue weighted by atomic mass is 15.2. The van der Waals surface area contributed by atoms with E-state index in [1.165, 1.54) is 104 Å². The summed E-state index contributed by atoms with van der Waals surface area (Å²) in [5.74, 6) is 3.98. The normalized spacial score (nSPS) is 20.1. The van der Waals surface area contributed by atoms with Crippen molar-refractivity contribution < 1.29 is 0 Å². The van der Waals surface area contributed by atoms with Crippen molar-refractivity contribution in [1.82, 2.24) is 23.7 Å². The smallest absolute Gasteiger partial charge is 0.237 e. The van der Waals surface area contributed by atoms with Crippen molar-refractivity contribution in [2.75, 3.05) is 0 Å². The summed E-state index contributed by atoms with van der Waals surface area (Å²) >= 11 is 0. The van der Waals surface area contributed by atoms with Gasteiger partial charge in [-0.15, -0.1) is 0 Å². The van der Waals surface area contributed by atoms with Gasteiger partial charge in [-0.05, 0) is 133 Å². The van der Waals surface area contributed by atoms with E-state index in [4.69, 9.17) is 9.97 Å². The molecule has 8 aromatic carbocycles. The number of hydrogen-bond acceptors (Lipinski definition) is 2. The SMILES string of the molecule is c1cc(-c2cc(-c3cc(-n4c5ccccc5c5ccccc54)nc(-n4c5ccccc5c5ccccc54)n3)ccc2C23CC4CC(CC(C4)C2)C3)cc(-n2c3ccccc3c3ccccc32)c1. The van der Waals surface area contributed by atoms with Gasteiger partial charge in [-0.2, -0.15) is 4.98 Å². The van der Waals surface area contributed by atoms with Gasteiger partial charge >= 0.3 is 0 Å². The molecule has 0 saturated heterocycles. The number of nitrogens with zero attached hydrogens (tertiary/aromatic N) is 5. The van der Waals surface area contributed by atoms with Crippen molar-refractivity contribution in [2.24, 2.45) is 17.8 Å². The van der Waals surface area contributed by atoms with E-state index in [9.17, 15) is 0 Å². The number of hydrogen-bond donors (Lipinski definition) is 0. The predicted molar refractivity (Wildman–Crippen MR) is 276 cm³/mol. The highest BCUT2D eigenvalue weighted by Gasteiger charge is 2.52. The maximum atomic E-state index is 5.63. The van der Waals surface area contributed by atoms with Gasteiger partial charge in [0.25, 0.3) is 0 Å². The van der Waals surface area contributed by atoms with Crippen LogP contribution in [0, 0.1) is 17.8 Å². The number of rotatable bonds is 6. The molecule has 0 N–H and O–H groups in total. The van der Waals surface area contributed by atoms with Crippen LogP contribution in [0.3, 0.4) is 0 Å². The first-order chi connectivity index (χ1) is 33.1. The monoisotopic (exact) mass is 861 g/mol. The molecule has 4 aliphatic carbocycles. The summed E-state index contributed by atoms with van der Waals surface area (Å²) in [6.45, 7) is 0. The maximum absolute atomic E-state index is 5.63. The first-order valence-electron chi connectivity index (χ1n) is 24.2. The van der Waals surface area contributed by atoms with E-state index >= 15 is 0 Å². The largest absolute Gasteiger partial charge is 0.309 e. The van der Waals surface area contributed by atoms with Crippen molar-refractivity contribution in [2.45, 2.75) is 43.9 Å². The van der Waals surface area contributed by atoms with Gasteiger partial charge in [0.1, 0.15) is 5.82 Å². The average molecular weight is 862 g/mol. The molecule has 4 bridgehead atoms. The number of aromatic nitrogens is 5. The lowest BCUT2D eigenvalue weighted by Gasteiger charge is -2.57. The third kappa shape index (κ3) is 5.55. The first kappa shape index (κ1) is 37.5. The van der Waals surface area contributed by atoms with Gasteiger partial charge in [0, 0.05) is 49.6 Å². The Balaban J connectivity index is 0.992. The van der Waals surface area contributed by atoms with Gasteiger partial charge in [0.05, 0.1) is 38.8 Å². The molecule has 5 nitrogen and oxygen atoms in total. The molecule has 0 atom stereocenters. The molecule has 16 rings (SSSR count). The van der Waals surface area contributed by atoms with Crippen molar-refractivity contribution in [3.8, 4) is 39.8 Å². The summed E-state index contributed by atoms with van der Waals surface area (Å²) < 4.78 is 7.07. The number of benzene rings is 8. The number of fused-ring (bicyclic) bond motifs is 9. The van der Waals surface area contributed by atoms with E-state index in [0.717, 1.165) is 56.9 Å². The second-order valence-corrected chi connectivity index (χ2v) is 20.0. The number of para-hydroxylation sites is 6. The van der Waals surface area contributed by atoms with Gasteiger partial charge in [0.15, 0.2) is 0 Å². The van der Waals surface area contributed by atoms with Crippen LogP contribution in [0.1, 0.15) is 44.1 Å². The van der Waals surface area contributed by atoms with Crippen molar-refractivity contribution in [3.63, 3.8) is 0 Å². The van der Waals surface area contributed by atoms with Gasteiger partial charge in [-0.25, -0.2) is 4.98 Å². The second kappa shape index (κ2) is 14.1. The molecule has 12 aromatic rings. The van der Waals surface area contributed by atoms with Gasteiger partial charge in [0.2, 0.25) is 5.95 Å². The minimum Gasteiger partial charge on any atom is -0.309 e. The molecular weight excluding hydrogens is 815 g/mol. The minimum atomic E-state index is 0.180. The standard InChI is InChI=1S/C62H47N5/c1-7-22-54-45(16-1)46-17-2-8-23-55(46)65(54)44-15-13-14-42(33-44)51-34-43(28-29-52(51)62-36-39-30-40(37-62)32-41(31-39)38-62)53-35-60(66-56-24-9-3-18-47(56)48-19-4-10-25-57(48)66)64-61(63-53)67-58-26-11-5-20-49(58)50-21-6-12-27-59(50)67/h1-29,33-35,39-41H,30-32,36-38H2. The van der Waals surface area contributed by atoms with Crippen LogP contribution in [-0.2, 0) is 5.41 Å². The van der Waals surface area contributed by atoms with Crippen LogP contribution in [0.4, 0.5) is 0 Å². The summed E-state index contributed by atoms with van der Waals surface area (Å²) in [6.07, 6.45) is 8.11. The maximum Gasteiger partial charge on any atom is 0.237 e. The quantitative estimate of drug-likeness (QED) is 0.167. The van der Waals surface area contributed by atoms with E-state index in [1.807, 2.05) is 0 Å². The van der Waals surface area contributed by atoms with Crippen LogP contribution < -0.4 is 0 Å². The molecule has 4 aromatic heterocycles. The van der Waals surface area contributed by atoms with E-state index in [-0.39, 0.29) is 5.41 Å². The molecule has 0 aliphatic heterocycles. The molecule has 67 heavy (non-hydrogen) atoms. The van der Waals surface area contributed by atoms with E-state index < -0.39 is 0 Å². The Morgan fingerprint density at radius 2 is 0.821 bits per heavy atom. The van der Waals surface area contributed by atoms with Crippen LogP contribution >= 0.6 is 0 Å². The average Bonchev–Trinajstić information content (AvgIpc) is 4.02. The summed E-state index contributed by atoms with van der Waals surface area (Å²) in [5, 5.41) is 7.36. The molecule has 5 heteroatoms. The Kier molecular flexibility index (Phi) is 7.90. The van der Waals surface area contributed by atoms with Crippen LogP contribution in [-0.4, -0.2) is 23.7 Å². The topological polar surface area (TPSA) is 40.6 Å². The molecule has 0 radical (unpaired) electrons. The molecule has 0 unspecified atom stereocenters. The zero-order chi connectivity index (χ0) is 43.8. The summed E-state index contributed by atoms with van der Waals surface area (Å²) in [4.78, 5) is 11.2. The Morgan fingerprint density at radius 3 is 1.31 bits per heavy atom. The molecule has 4 saturated carbocycles. The van der Waals surface area contributed by atoms with Gasteiger partial charge in [-0.1, -0.05) is 133 Å². The Hall–Kier alpha value is -7.76. The second-order valence-electron chi connectivity index (χ2n) is 20.0. The molecule has 0 amide bonds. The van der Waals surface area contributed by atoms with Crippen molar-refractivity contribution >= 4 is 65.4 Å². The minimum absolute atomic E-state index is 0.180. The van der Waals surface area contributed by atoms with E-state index in [1.54, 1.807) is 0 Å². The van der Waals surface area contributed by atoms with Crippen molar-refractivity contribution in [1.29, 1.82) is 0 Å². The highest BCUT2D eigenvalue weighted by Crippen LogP contribution is 2.62. The van der Waals surface area contributed by atoms with E-state index in [0.29, 0.717) is 5.95 Å². The summed E-state index contributed by atoms with van der Waals surface area (Å²) in [6, 6.07) is 71.5. The fourth-order valence-corrected chi connectivity index (χ4v) is 14.0. The summed E-state index contributed by atoms with van der Waals surface area (Å²) in [7, 11) is 0. The lowest BCUT2D eigenvalue weighted by molar-refractivity contribution is -0.00491. The summed E-state index contributed by atoms with van der Waals surface area (Å²) in [5.41, 5.74) is 14.4. The fraction of sp³-hybridized carbons (Fsp3) is 0.161.